The maximum Gasteiger partial charge on any atom is 0.410 e. The van der Waals surface area contributed by atoms with Gasteiger partial charge in [-0.25, -0.2) is 19.6 Å². The molecule has 1 spiro atoms. The Morgan fingerprint density at radius 3 is 2.59 bits per heavy atom. The Morgan fingerprint density at radius 1 is 1.18 bits per heavy atom. The first-order valence-corrected chi connectivity index (χ1v) is 12.0. The molecule has 180 valence electrons. The molecule has 2 aromatic rings. The van der Waals surface area contributed by atoms with Crippen LogP contribution in [0.4, 0.5) is 16.3 Å². The lowest BCUT2D eigenvalue weighted by atomic mass is 9.74. The van der Waals surface area contributed by atoms with Gasteiger partial charge in [-0.2, -0.15) is 0 Å². The van der Waals surface area contributed by atoms with Gasteiger partial charge in [0.1, 0.15) is 17.7 Å². The molecule has 0 bridgehead atoms. The molecule has 1 aromatic carbocycles. The topological polar surface area (TPSA) is 95.9 Å². The molecule has 3 aliphatic rings. The van der Waals surface area contributed by atoms with Crippen molar-refractivity contribution in [3.8, 4) is 0 Å². The number of hydrogen-bond donors (Lipinski definition) is 1. The summed E-state index contributed by atoms with van der Waals surface area (Å²) in [6.07, 6.45) is 4.85. The zero-order valence-corrected chi connectivity index (χ0v) is 20.3. The molecule has 0 saturated carbocycles. The molecule has 1 unspecified atom stereocenters. The highest BCUT2D eigenvalue weighted by molar-refractivity contribution is 5.90. The first kappa shape index (κ1) is 22.6. The van der Waals surface area contributed by atoms with E-state index < -0.39 is 11.6 Å². The van der Waals surface area contributed by atoms with E-state index in [-0.39, 0.29) is 17.1 Å². The van der Waals surface area contributed by atoms with Crippen LogP contribution in [0.25, 0.3) is 0 Å². The number of anilines is 2. The van der Waals surface area contributed by atoms with Gasteiger partial charge in [0.25, 0.3) is 0 Å². The Kier molecular flexibility index (Phi) is 5.30. The van der Waals surface area contributed by atoms with Gasteiger partial charge in [-0.05, 0) is 76.1 Å². The maximum atomic E-state index is 12.7. The number of ether oxygens (including phenoxy) is 1. The summed E-state index contributed by atoms with van der Waals surface area (Å²) in [5.74, 6) is 0.392. The first-order valence-electron chi connectivity index (χ1n) is 12.0. The summed E-state index contributed by atoms with van der Waals surface area (Å²) in [5.41, 5.74) is 3.87. The minimum Gasteiger partial charge on any atom is -0.478 e. The lowest BCUT2D eigenvalue weighted by Crippen LogP contribution is -2.48. The SMILES string of the molecule is CC1CCc2ncnc(N3CC4(CCN(C(=O)OC(C)(C)C)CC4)c4cc(C(=O)O)ccc43)c21. The molecule has 1 aromatic heterocycles. The molecular weight excluding hydrogens is 432 g/mol. The number of carbonyl (C=O) groups is 2. The van der Waals surface area contributed by atoms with Crippen LogP contribution in [0.15, 0.2) is 24.5 Å². The minimum absolute atomic E-state index is 0.251. The largest absolute Gasteiger partial charge is 0.478 e. The van der Waals surface area contributed by atoms with Crippen LogP contribution >= 0.6 is 0 Å². The number of rotatable bonds is 2. The maximum absolute atomic E-state index is 12.7. The number of aromatic carboxylic acids is 1. The molecule has 1 aliphatic carbocycles. The molecule has 8 nitrogen and oxygen atoms in total. The van der Waals surface area contributed by atoms with Crippen molar-refractivity contribution >= 4 is 23.6 Å². The molecular formula is C26H32N4O4. The molecule has 5 rings (SSSR count). The number of hydrogen-bond acceptors (Lipinski definition) is 6. The number of amides is 1. The van der Waals surface area contributed by atoms with Crippen molar-refractivity contribution in [1.82, 2.24) is 14.9 Å². The Morgan fingerprint density at radius 2 is 1.91 bits per heavy atom. The minimum atomic E-state index is -0.931. The number of carboxylic acid groups (broad SMARTS) is 1. The zero-order chi connectivity index (χ0) is 24.3. The molecule has 1 atom stereocenters. The zero-order valence-electron chi connectivity index (χ0n) is 20.3. The summed E-state index contributed by atoms with van der Waals surface area (Å²) < 4.78 is 5.58. The number of piperidine rings is 1. The van der Waals surface area contributed by atoms with Gasteiger partial charge in [-0.1, -0.05) is 6.92 Å². The third-order valence-electron chi connectivity index (χ3n) is 7.45. The summed E-state index contributed by atoms with van der Waals surface area (Å²) >= 11 is 0. The van der Waals surface area contributed by atoms with Gasteiger partial charge in [-0.3, -0.25) is 0 Å². The molecule has 3 heterocycles. The van der Waals surface area contributed by atoms with E-state index in [9.17, 15) is 14.7 Å². The quantitative estimate of drug-likeness (QED) is 0.691. The predicted molar refractivity (Wildman–Crippen MR) is 128 cm³/mol. The Labute approximate surface area is 199 Å². The highest BCUT2D eigenvalue weighted by atomic mass is 16.6. The monoisotopic (exact) mass is 464 g/mol. The fourth-order valence-electron chi connectivity index (χ4n) is 5.70. The first-order chi connectivity index (χ1) is 16.1. The number of aromatic nitrogens is 2. The average Bonchev–Trinajstić information content (AvgIpc) is 3.31. The van der Waals surface area contributed by atoms with Gasteiger partial charge >= 0.3 is 12.1 Å². The molecule has 0 radical (unpaired) electrons. The second kappa shape index (κ2) is 7.96. The van der Waals surface area contributed by atoms with Gasteiger partial charge in [0.2, 0.25) is 0 Å². The van der Waals surface area contributed by atoms with E-state index in [2.05, 4.69) is 16.8 Å². The summed E-state index contributed by atoms with van der Waals surface area (Å²) in [4.78, 5) is 37.7. The lowest BCUT2D eigenvalue weighted by Gasteiger charge is -2.40. The molecule has 1 fully saturated rings. The van der Waals surface area contributed by atoms with Crippen molar-refractivity contribution in [1.29, 1.82) is 0 Å². The van der Waals surface area contributed by atoms with E-state index in [0.29, 0.717) is 25.6 Å². The van der Waals surface area contributed by atoms with Crippen molar-refractivity contribution in [3.63, 3.8) is 0 Å². The average molecular weight is 465 g/mol. The van der Waals surface area contributed by atoms with Crippen LogP contribution in [0.2, 0.25) is 0 Å². The lowest BCUT2D eigenvalue weighted by molar-refractivity contribution is 0.0171. The number of benzene rings is 1. The number of carbonyl (C=O) groups excluding carboxylic acids is 1. The predicted octanol–water partition coefficient (Wildman–Crippen LogP) is 4.64. The van der Waals surface area contributed by atoms with Crippen molar-refractivity contribution in [3.05, 3.63) is 46.9 Å². The molecule has 1 saturated heterocycles. The number of fused-ring (bicyclic) bond motifs is 3. The third-order valence-corrected chi connectivity index (χ3v) is 7.45. The standard InChI is InChI=1S/C26H32N4O4/c1-16-5-7-19-21(16)22(28-15-27-19)30-14-26(18-13-17(23(31)32)6-8-20(18)30)9-11-29(12-10-26)24(33)34-25(2,3)4/h6,8,13,15-16H,5,7,9-12,14H2,1-4H3,(H,31,32). The van der Waals surface area contributed by atoms with Crippen LogP contribution in [-0.2, 0) is 16.6 Å². The van der Waals surface area contributed by atoms with Crippen LogP contribution in [0.5, 0.6) is 0 Å². The smallest absolute Gasteiger partial charge is 0.410 e. The fourth-order valence-corrected chi connectivity index (χ4v) is 5.70. The van der Waals surface area contributed by atoms with E-state index in [4.69, 9.17) is 9.72 Å². The number of carboxylic acids is 1. The second-order valence-electron chi connectivity index (χ2n) is 10.9. The van der Waals surface area contributed by atoms with Crippen LogP contribution in [0, 0.1) is 0 Å². The number of nitrogens with zero attached hydrogens (tertiary/aromatic N) is 4. The molecule has 34 heavy (non-hydrogen) atoms. The van der Waals surface area contributed by atoms with Gasteiger partial charge < -0.3 is 19.6 Å². The molecule has 1 N–H and O–H groups in total. The van der Waals surface area contributed by atoms with E-state index in [1.54, 1.807) is 17.3 Å². The number of aryl methyl sites for hydroxylation is 1. The molecule has 1 amide bonds. The Bertz CT molecular complexity index is 1150. The van der Waals surface area contributed by atoms with Gasteiger partial charge in [0, 0.05) is 42.0 Å². The van der Waals surface area contributed by atoms with Crippen LogP contribution in [0.1, 0.15) is 80.1 Å². The van der Waals surface area contributed by atoms with E-state index in [1.165, 1.54) is 5.56 Å². The highest BCUT2D eigenvalue weighted by Gasteiger charge is 2.47. The Balaban J connectivity index is 1.50. The van der Waals surface area contributed by atoms with Crippen molar-refractivity contribution < 1.29 is 19.4 Å². The highest BCUT2D eigenvalue weighted by Crippen LogP contribution is 2.51. The van der Waals surface area contributed by atoms with Crippen LogP contribution in [0.3, 0.4) is 0 Å². The van der Waals surface area contributed by atoms with Gasteiger partial charge in [-0.15, -0.1) is 0 Å². The van der Waals surface area contributed by atoms with E-state index in [0.717, 1.165) is 48.4 Å². The van der Waals surface area contributed by atoms with E-state index in [1.807, 2.05) is 32.9 Å². The Hall–Kier alpha value is -3.16. The van der Waals surface area contributed by atoms with Gasteiger partial charge in [0.05, 0.1) is 5.56 Å². The van der Waals surface area contributed by atoms with Crippen molar-refractivity contribution in [2.45, 2.75) is 70.3 Å². The fraction of sp³-hybridized carbons (Fsp3) is 0.538. The van der Waals surface area contributed by atoms with Crippen LogP contribution < -0.4 is 4.90 Å². The summed E-state index contributed by atoms with van der Waals surface area (Å²) in [6, 6.07) is 5.42. The van der Waals surface area contributed by atoms with Gasteiger partial charge in [0.15, 0.2) is 0 Å². The number of likely N-dealkylation sites (tertiary alicyclic amines) is 1. The second-order valence-corrected chi connectivity index (χ2v) is 10.9. The molecule has 8 heteroatoms. The van der Waals surface area contributed by atoms with Crippen molar-refractivity contribution in [2.24, 2.45) is 0 Å². The summed E-state index contributed by atoms with van der Waals surface area (Å²) in [5, 5.41) is 9.67. The molecule has 2 aliphatic heterocycles. The van der Waals surface area contributed by atoms with E-state index >= 15 is 0 Å². The van der Waals surface area contributed by atoms with Crippen LogP contribution in [-0.4, -0.2) is 57.3 Å². The summed E-state index contributed by atoms with van der Waals surface area (Å²) in [6.45, 7) is 9.68. The summed E-state index contributed by atoms with van der Waals surface area (Å²) in [7, 11) is 0. The normalized spacial score (nSPS) is 20.9. The third kappa shape index (κ3) is 3.79. The van der Waals surface area contributed by atoms with Crippen molar-refractivity contribution in [2.75, 3.05) is 24.5 Å².